The molecule has 0 aliphatic carbocycles. The number of nitrogens with zero attached hydrogens (tertiary/aromatic N) is 2. The Bertz CT molecular complexity index is 1060. The van der Waals surface area contributed by atoms with Crippen LogP contribution in [0.1, 0.15) is 46.9 Å². The Morgan fingerprint density at radius 1 is 1.03 bits per heavy atom. The van der Waals surface area contributed by atoms with Gasteiger partial charge in [-0.1, -0.05) is 43.3 Å². The molecule has 3 aromatic rings. The molecule has 2 aromatic carbocycles. The van der Waals surface area contributed by atoms with Gasteiger partial charge in [0.05, 0.1) is 5.56 Å². The number of aromatic nitrogens is 1. The van der Waals surface area contributed by atoms with E-state index in [0.29, 0.717) is 30.7 Å². The van der Waals surface area contributed by atoms with Crippen molar-refractivity contribution >= 4 is 11.6 Å². The third kappa shape index (κ3) is 6.49. The van der Waals surface area contributed by atoms with Crippen molar-refractivity contribution in [3.8, 4) is 0 Å². The highest BCUT2D eigenvalue weighted by Gasteiger charge is 2.22. The molecule has 0 spiro atoms. The van der Waals surface area contributed by atoms with Crippen molar-refractivity contribution in [2.24, 2.45) is 0 Å². The van der Waals surface area contributed by atoms with Crippen molar-refractivity contribution in [2.75, 3.05) is 25.5 Å². The Labute approximate surface area is 193 Å². The maximum atomic E-state index is 13.5. The average molecular weight is 456 g/mol. The first-order valence-corrected chi connectivity index (χ1v) is 11.2. The highest BCUT2D eigenvalue weighted by Crippen LogP contribution is 2.28. The Balaban J connectivity index is 1.88. The maximum absolute atomic E-state index is 13.5. The zero-order valence-electron chi connectivity index (χ0n) is 19.4. The minimum Gasteiger partial charge on any atom is -0.364 e. The molecule has 0 aliphatic rings. The molecule has 1 heterocycles. The van der Waals surface area contributed by atoms with Crippen LogP contribution in [0.4, 0.5) is 14.6 Å². The first-order chi connectivity index (χ1) is 15.9. The molecular formula is C26H31F2N3O2. The molecule has 0 saturated heterocycles. The van der Waals surface area contributed by atoms with Crippen molar-refractivity contribution in [1.29, 1.82) is 0 Å². The van der Waals surface area contributed by atoms with E-state index in [0.717, 1.165) is 42.2 Å². The third-order valence-electron chi connectivity index (χ3n) is 5.36. The molecule has 176 valence electrons. The molecule has 0 radical (unpaired) electrons. The second kappa shape index (κ2) is 11.7. The summed E-state index contributed by atoms with van der Waals surface area (Å²) in [5.74, 6) is -1.05. The summed E-state index contributed by atoms with van der Waals surface area (Å²) in [5, 5.41) is 0. The molecule has 3 rings (SSSR count). The van der Waals surface area contributed by atoms with Crippen LogP contribution in [-0.4, -0.2) is 31.0 Å². The number of carbonyl (C=O) groups is 1. The van der Waals surface area contributed by atoms with Gasteiger partial charge < -0.3 is 9.47 Å². The predicted octanol–water partition coefficient (Wildman–Crippen LogP) is 5.13. The topological polar surface area (TPSA) is 46.5 Å². The maximum Gasteiger partial charge on any atom is 0.166 e. The lowest BCUT2D eigenvalue weighted by Crippen LogP contribution is -2.20. The number of ketones is 1. The molecular weight excluding hydrogens is 424 g/mol. The molecule has 1 aromatic heterocycles. The summed E-state index contributed by atoms with van der Waals surface area (Å²) >= 11 is 0. The molecule has 0 fully saturated rings. The van der Waals surface area contributed by atoms with Gasteiger partial charge in [-0.15, -0.1) is 0 Å². The van der Waals surface area contributed by atoms with E-state index in [2.05, 4.69) is 17.0 Å². The standard InChI is InChI=1S/C26H31F2N3O2/c1-4-14-29-33-18-21-16-22(25(32)13-11-19-10-12-23(27)24(28)15-19)26(30(2)3)31(21)17-20-8-6-5-7-9-20/h5-10,12,15-16,29H,4,11,13-14,17-18H2,1-3H3. The fourth-order valence-electron chi connectivity index (χ4n) is 3.73. The lowest BCUT2D eigenvalue weighted by Gasteiger charge is -2.20. The highest BCUT2D eigenvalue weighted by molar-refractivity contribution is 6.01. The van der Waals surface area contributed by atoms with Crippen molar-refractivity contribution < 1.29 is 18.4 Å². The van der Waals surface area contributed by atoms with Crippen LogP contribution in [0.15, 0.2) is 54.6 Å². The van der Waals surface area contributed by atoms with E-state index in [4.69, 9.17) is 4.84 Å². The van der Waals surface area contributed by atoms with E-state index in [1.165, 1.54) is 6.07 Å². The van der Waals surface area contributed by atoms with Gasteiger partial charge in [-0.25, -0.2) is 14.3 Å². The monoisotopic (exact) mass is 455 g/mol. The second-order valence-corrected chi connectivity index (χ2v) is 8.19. The van der Waals surface area contributed by atoms with Crippen molar-refractivity contribution in [3.05, 3.63) is 88.6 Å². The number of hydrogen-bond acceptors (Lipinski definition) is 4. The number of benzene rings is 2. The predicted molar refractivity (Wildman–Crippen MR) is 126 cm³/mol. The van der Waals surface area contributed by atoms with Crippen LogP contribution < -0.4 is 10.4 Å². The van der Waals surface area contributed by atoms with Crippen molar-refractivity contribution in [2.45, 2.75) is 39.3 Å². The van der Waals surface area contributed by atoms with E-state index in [1.807, 2.05) is 55.4 Å². The van der Waals surface area contributed by atoms with Crippen LogP contribution in [0.5, 0.6) is 0 Å². The Hall–Kier alpha value is -3.03. The second-order valence-electron chi connectivity index (χ2n) is 8.19. The molecule has 7 heteroatoms. The van der Waals surface area contributed by atoms with Gasteiger partial charge in [0.2, 0.25) is 0 Å². The molecule has 0 aliphatic heterocycles. The summed E-state index contributed by atoms with van der Waals surface area (Å²) in [4.78, 5) is 20.8. The van der Waals surface area contributed by atoms with E-state index in [1.54, 1.807) is 0 Å². The quantitative estimate of drug-likeness (QED) is 0.234. The number of Topliss-reactive ketones (excluding diaryl/α,β-unsaturated/α-hetero) is 1. The van der Waals surface area contributed by atoms with Crippen LogP contribution in [0, 0.1) is 11.6 Å². The summed E-state index contributed by atoms with van der Waals surface area (Å²) < 4.78 is 28.8. The van der Waals surface area contributed by atoms with Crippen LogP contribution in [0.3, 0.4) is 0 Å². The number of carbonyl (C=O) groups excluding carboxylic acids is 1. The third-order valence-corrected chi connectivity index (χ3v) is 5.36. The SMILES string of the molecule is CCCNOCc1cc(C(=O)CCc2ccc(F)c(F)c2)c(N(C)C)n1Cc1ccccc1. The van der Waals surface area contributed by atoms with Crippen LogP contribution in [0.2, 0.25) is 0 Å². The molecule has 0 amide bonds. The number of rotatable bonds is 12. The number of hydrogen-bond donors (Lipinski definition) is 1. The Morgan fingerprint density at radius 2 is 1.79 bits per heavy atom. The summed E-state index contributed by atoms with van der Waals surface area (Å²) in [7, 11) is 3.81. The largest absolute Gasteiger partial charge is 0.364 e. The van der Waals surface area contributed by atoms with E-state index < -0.39 is 11.6 Å². The minimum atomic E-state index is -0.901. The summed E-state index contributed by atoms with van der Waals surface area (Å²) in [6, 6.07) is 15.7. The number of halogens is 2. The Kier molecular flexibility index (Phi) is 8.74. The smallest absolute Gasteiger partial charge is 0.166 e. The lowest BCUT2D eigenvalue weighted by molar-refractivity contribution is 0.0251. The van der Waals surface area contributed by atoms with Gasteiger partial charge in [0, 0.05) is 39.3 Å². The summed E-state index contributed by atoms with van der Waals surface area (Å²) in [6.07, 6.45) is 1.47. The van der Waals surface area contributed by atoms with Gasteiger partial charge in [-0.2, -0.15) is 0 Å². The number of hydroxylamine groups is 1. The molecule has 0 atom stereocenters. The molecule has 0 saturated carbocycles. The van der Waals surface area contributed by atoms with Crippen molar-refractivity contribution in [1.82, 2.24) is 10.0 Å². The fourth-order valence-corrected chi connectivity index (χ4v) is 3.73. The van der Waals surface area contributed by atoms with Gasteiger partial charge in [0.15, 0.2) is 17.4 Å². The highest BCUT2D eigenvalue weighted by atomic mass is 19.2. The first-order valence-electron chi connectivity index (χ1n) is 11.2. The van der Waals surface area contributed by atoms with Crippen molar-refractivity contribution in [3.63, 3.8) is 0 Å². The van der Waals surface area contributed by atoms with Gasteiger partial charge in [0.25, 0.3) is 0 Å². The fraction of sp³-hybridized carbons (Fsp3) is 0.346. The number of aryl methyl sites for hydroxylation is 1. The van der Waals surface area contributed by atoms with E-state index in [9.17, 15) is 13.6 Å². The van der Waals surface area contributed by atoms with Gasteiger partial charge in [-0.05, 0) is 42.2 Å². The van der Waals surface area contributed by atoms with Crippen LogP contribution >= 0.6 is 0 Å². The number of anilines is 1. The van der Waals surface area contributed by atoms with E-state index in [-0.39, 0.29) is 12.2 Å². The van der Waals surface area contributed by atoms with Gasteiger partial charge in [0.1, 0.15) is 12.4 Å². The van der Waals surface area contributed by atoms with Crippen LogP contribution in [-0.2, 0) is 24.4 Å². The summed E-state index contributed by atoms with van der Waals surface area (Å²) in [5.41, 5.74) is 6.11. The molecule has 0 unspecified atom stereocenters. The molecule has 33 heavy (non-hydrogen) atoms. The lowest BCUT2D eigenvalue weighted by atomic mass is 10.0. The first kappa shape index (κ1) is 24.6. The van der Waals surface area contributed by atoms with Crippen LogP contribution in [0.25, 0.3) is 0 Å². The average Bonchev–Trinajstić information content (AvgIpc) is 3.16. The summed E-state index contributed by atoms with van der Waals surface area (Å²) in [6.45, 7) is 3.70. The molecule has 5 nitrogen and oxygen atoms in total. The van der Waals surface area contributed by atoms with Gasteiger partial charge >= 0.3 is 0 Å². The zero-order valence-corrected chi connectivity index (χ0v) is 19.4. The van der Waals surface area contributed by atoms with Gasteiger partial charge in [-0.3, -0.25) is 9.63 Å². The normalized spacial score (nSPS) is 11.1. The zero-order chi connectivity index (χ0) is 23.8. The molecule has 0 bridgehead atoms. The van der Waals surface area contributed by atoms with E-state index >= 15 is 0 Å². The Morgan fingerprint density at radius 3 is 2.45 bits per heavy atom. The molecule has 1 N–H and O–H groups in total. The minimum absolute atomic E-state index is 0.0574. The number of nitrogens with one attached hydrogen (secondary N) is 1.